The van der Waals surface area contributed by atoms with E-state index in [0.29, 0.717) is 16.4 Å². The Morgan fingerprint density at radius 3 is 2.50 bits per heavy atom. The molecule has 2 aromatic rings. The number of methoxy groups -OCH3 is 1. The second-order valence-corrected chi connectivity index (χ2v) is 6.41. The average molecular weight is 354 g/mol. The van der Waals surface area contributed by atoms with Gasteiger partial charge < -0.3 is 9.84 Å². The van der Waals surface area contributed by atoms with Crippen molar-refractivity contribution in [2.45, 2.75) is 24.5 Å². The molecule has 1 fully saturated rings. The molecule has 1 saturated heterocycles. The Morgan fingerprint density at radius 1 is 1.08 bits per heavy atom. The summed E-state index contributed by atoms with van der Waals surface area (Å²) in [5, 5.41) is 22.4. The number of benzene rings is 2. The molecule has 0 aliphatic carbocycles. The Balaban J connectivity index is 1.95. The van der Waals surface area contributed by atoms with E-state index in [1.165, 1.54) is 13.2 Å². The zero-order valence-corrected chi connectivity index (χ0v) is 14.3. The number of para-hydroxylation sites is 1. The van der Waals surface area contributed by atoms with Crippen LogP contribution in [0.4, 0.5) is 11.4 Å². The number of carbonyl (C=O) groups is 2. The Kier molecular flexibility index (Phi) is 3.37. The van der Waals surface area contributed by atoms with Gasteiger partial charge in [0.05, 0.1) is 18.5 Å². The molecule has 0 aromatic heterocycles. The van der Waals surface area contributed by atoms with Crippen molar-refractivity contribution in [3.8, 4) is 5.75 Å². The van der Waals surface area contributed by atoms with Crippen molar-refractivity contribution < 1.29 is 24.6 Å². The maximum Gasteiger partial charge on any atom is 0.290 e. The largest absolute Gasteiger partial charge is 0.497 e. The van der Waals surface area contributed by atoms with E-state index < -0.39 is 23.0 Å². The second-order valence-electron chi connectivity index (χ2n) is 6.41. The number of amides is 2. The lowest BCUT2D eigenvalue weighted by molar-refractivity contribution is -0.147. The lowest BCUT2D eigenvalue weighted by Crippen LogP contribution is -2.59. The summed E-state index contributed by atoms with van der Waals surface area (Å²) in [5.41, 5.74) is -3.02. The van der Waals surface area contributed by atoms with Gasteiger partial charge in [-0.15, -0.1) is 0 Å². The molecule has 7 nitrogen and oxygen atoms in total. The molecule has 2 aliphatic rings. The fourth-order valence-corrected chi connectivity index (χ4v) is 4.11. The van der Waals surface area contributed by atoms with Crippen LogP contribution in [0, 0.1) is 0 Å². The van der Waals surface area contributed by atoms with E-state index in [1.54, 1.807) is 49.4 Å². The van der Waals surface area contributed by atoms with E-state index in [-0.39, 0.29) is 17.8 Å². The number of carbonyl (C=O) groups excluding carboxylic acids is 2. The fraction of sp³-hybridized carbons (Fsp3) is 0.263. The van der Waals surface area contributed by atoms with Crippen LogP contribution in [0.3, 0.4) is 0 Å². The molecule has 0 spiro atoms. The summed E-state index contributed by atoms with van der Waals surface area (Å²) >= 11 is 0. The molecule has 134 valence electrons. The Morgan fingerprint density at radius 2 is 1.81 bits per heavy atom. The minimum Gasteiger partial charge on any atom is -0.497 e. The van der Waals surface area contributed by atoms with Crippen molar-refractivity contribution in [1.29, 1.82) is 0 Å². The third-order valence-corrected chi connectivity index (χ3v) is 5.41. The quantitative estimate of drug-likeness (QED) is 0.817. The van der Waals surface area contributed by atoms with Crippen LogP contribution in [0.2, 0.25) is 0 Å². The molecule has 2 atom stereocenters. The van der Waals surface area contributed by atoms with E-state index >= 15 is 0 Å². The van der Waals surface area contributed by atoms with Gasteiger partial charge in [0.15, 0.2) is 0 Å². The van der Waals surface area contributed by atoms with Crippen LogP contribution < -0.4 is 14.7 Å². The average Bonchev–Trinajstić information content (AvgIpc) is 2.98. The molecule has 2 heterocycles. The third-order valence-electron chi connectivity index (χ3n) is 5.41. The molecular formula is C19H18N2O5. The van der Waals surface area contributed by atoms with E-state index in [0.717, 1.165) is 4.90 Å². The number of rotatable bonds is 3. The van der Waals surface area contributed by atoms with Crippen LogP contribution in [0.5, 0.6) is 5.75 Å². The van der Waals surface area contributed by atoms with Crippen LogP contribution in [0.25, 0.3) is 0 Å². The molecule has 4 rings (SSSR count). The number of aliphatic hydroxyl groups is 1. The van der Waals surface area contributed by atoms with Gasteiger partial charge in [-0.05, 0) is 30.2 Å². The smallest absolute Gasteiger partial charge is 0.290 e. The van der Waals surface area contributed by atoms with Gasteiger partial charge in [0, 0.05) is 6.07 Å². The third kappa shape index (κ3) is 1.64. The summed E-state index contributed by atoms with van der Waals surface area (Å²) < 4.78 is 5.16. The van der Waals surface area contributed by atoms with Crippen molar-refractivity contribution in [3.05, 3.63) is 54.1 Å². The summed E-state index contributed by atoms with van der Waals surface area (Å²) in [6.07, 6.45) is 0.141. The van der Waals surface area contributed by atoms with Crippen molar-refractivity contribution in [1.82, 2.24) is 0 Å². The van der Waals surface area contributed by atoms with Gasteiger partial charge in [-0.2, -0.15) is 0 Å². The Bertz CT molecular complexity index is 930. The first-order valence-corrected chi connectivity index (χ1v) is 8.27. The number of hydrogen-bond donors (Lipinski definition) is 2. The zero-order chi connectivity index (χ0) is 18.7. The number of hydroxylamine groups is 1. The van der Waals surface area contributed by atoms with Crippen LogP contribution in [0.15, 0.2) is 48.5 Å². The SMILES string of the molecule is CC[C@]12C(=O)N(c3cccc(OC)c3)C(=O)[C@@]1(O)N(O)c1ccccc12. The Hall–Kier alpha value is -2.90. The first-order chi connectivity index (χ1) is 12.4. The van der Waals surface area contributed by atoms with Crippen LogP contribution in [-0.2, 0) is 15.0 Å². The number of imide groups is 1. The Labute approximate surface area is 150 Å². The van der Waals surface area contributed by atoms with Gasteiger partial charge in [-0.1, -0.05) is 31.2 Å². The lowest BCUT2D eigenvalue weighted by Gasteiger charge is -2.33. The molecule has 2 N–H and O–H groups in total. The minimum atomic E-state index is -2.40. The lowest BCUT2D eigenvalue weighted by atomic mass is 9.73. The van der Waals surface area contributed by atoms with Crippen molar-refractivity contribution in [2.75, 3.05) is 17.1 Å². The van der Waals surface area contributed by atoms with E-state index in [4.69, 9.17) is 4.74 Å². The molecule has 0 unspecified atom stereocenters. The zero-order valence-electron chi connectivity index (χ0n) is 14.3. The van der Waals surface area contributed by atoms with E-state index in [1.807, 2.05) is 0 Å². The molecule has 2 amide bonds. The van der Waals surface area contributed by atoms with Crippen molar-refractivity contribution >= 4 is 23.2 Å². The van der Waals surface area contributed by atoms with Gasteiger partial charge in [-0.3, -0.25) is 14.8 Å². The van der Waals surface area contributed by atoms with Gasteiger partial charge >= 0.3 is 0 Å². The summed E-state index contributed by atoms with van der Waals surface area (Å²) in [4.78, 5) is 27.5. The van der Waals surface area contributed by atoms with Gasteiger partial charge in [0.25, 0.3) is 11.6 Å². The van der Waals surface area contributed by atoms with Crippen LogP contribution in [-0.4, -0.2) is 35.0 Å². The minimum absolute atomic E-state index is 0.141. The van der Waals surface area contributed by atoms with Gasteiger partial charge in [0.2, 0.25) is 5.91 Å². The topological polar surface area (TPSA) is 90.3 Å². The number of ether oxygens (including phenoxy) is 1. The van der Waals surface area contributed by atoms with Crippen molar-refractivity contribution in [2.24, 2.45) is 0 Å². The van der Waals surface area contributed by atoms with Crippen LogP contribution in [0.1, 0.15) is 18.9 Å². The monoisotopic (exact) mass is 354 g/mol. The normalized spacial score (nSPS) is 26.9. The molecule has 0 bridgehead atoms. The standard InChI is InChI=1S/C19H18N2O5/c1-3-18-14-9-4-5-10-15(14)21(25)19(18,24)17(23)20(16(18)22)12-7-6-8-13(11-12)26-2/h4-11,24-25H,3H2,1-2H3/t18-,19-/m0/s1. The predicted molar refractivity (Wildman–Crippen MR) is 93.1 cm³/mol. The molecule has 2 aromatic carbocycles. The summed E-state index contributed by atoms with van der Waals surface area (Å²) in [6.45, 7) is 1.71. The highest BCUT2D eigenvalue weighted by Gasteiger charge is 2.76. The first-order valence-electron chi connectivity index (χ1n) is 8.27. The molecule has 0 saturated carbocycles. The highest BCUT2D eigenvalue weighted by molar-refractivity contribution is 6.30. The maximum atomic E-state index is 13.4. The summed E-state index contributed by atoms with van der Waals surface area (Å²) in [5.74, 6) is -1.000. The van der Waals surface area contributed by atoms with Crippen LogP contribution >= 0.6 is 0 Å². The second kappa shape index (κ2) is 5.30. The van der Waals surface area contributed by atoms with Gasteiger partial charge in [0.1, 0.15) is 11.2 Å². The molecule has 0 radical (unpaired) electrons. The maximum absolute atomic E-state index is 13.4. The number of fused-ring (bicyclic) bond motifs is 3. The number of nitrogens with zero attached hydrogens (tertiary/aromatic N) is 2. The van der Waals surface area contributed by atoms with E-state index in [2.05, 4.69) is 0 Å². The molecular weight excluding hydrogens is 336 g/mol. The predicted octanol–water partition coefficient (Wildman–Crippen LogP) is 1.81. The van der Waals surface area contributed by atoms with E-state index in [9.17, 15) is 19.9 Å². The molecule has 7 heteroatoms. The molecule has 26 heavy (non-hydrogen) atoms. The highest BCUT2D eigenvalue weighted by Crippen LogP contribution is 2.57. The number of anilines is 2. The highest BCUT2D eigenvalue weighted by atomic mass is 16.6. The van der Waals surface area contributed by atoms with Gasteiger partial charge in [-0.25, -0.2) is 9.96 Å². The molecule has 2 aliphatic heterocycles. The summed E-state index contributed by atoms with van der Waals surface area (Å²) in [7, 11) is 1.48. The summed E-state index contributed by atoms with van der Waals surface area (Å²) in [6, 6.07) is 13.1. The number of hydrogen-bond acceptors (Lipinski definition) is 6. The first kappa shape index (κ1) is 16.6. The fourth-order valence-electron chi connectivity index (χ4n) is 4.11. The van der Waals surface area contributed by atoms with Crippen molar-refractivity contribution in [3.63, 3.8) is 0 Å².